The van der Waals surface area contributed by atoms with Crippen LogP contribution in [0.2, 0.25) is 0 Å². The van der Waals surface area contributed by atoms with Crippen molar-refractivity contribution in [3.05, 3.63) is 29.8 Å². The predicted molar refractivity (Wildman–Crippen MR) is 82.1 cm³/mol. The summed E-state index contributed by atoms with van der Waals surface area (Å²) in [7, 11) is 0. The van der Waals surface area contributed by atoms with E-state index in [1.54, 1.807) is 0 Å². The Morgan fingerprint density at radius 3 is 2.50 bits per heavy atom. The second-order valence-corrected chi connectivity index (χ2v) is 5.92. The molecule has 2 atom stereocenters. The molecule has 3 rings (SSSR count). The normalized spacial score (nSPS) is 25.9. The van der Waals surface area contributed by atoms with Crippen LogP contribution in [0.4, 0.5) is 5.69 Å². The van der Waals surface area contributed by atoms with Crippen LogP contribution in [0.25, 0.3) is 0 Å². The van der Waals surface area contributed by atoms with Gasteiger partial charge in [0.2, 0.25) is 0 Å². The summed E-state index contributed by atoms with van der Waals surface area (Å²) in [4.78, 5) is 5.07. The Kier molecular flexibility index (Phi) is 4.24. The SMILES string of the molecule is CC(N)c1ccc(N2CCC(N3CCOCC3)C2)cc1. The van der Waals surface area contributed by atoms with E-state index in [1.165, 1.54) is 17.7 Å². The van der Waals surface area contributed by atoms with Gasteiger partial charge in [-0.2, -0.15) is 0 Å². The molecule has 1 aromatic carbocycles. The third-order valence-corrected chi connectivity index (χ3v) is 4.51. The number of rotatable bonds is 3. The molecular weight excluding hydrogens is 250 g/mol. The molecule has 2 unspecified atom stereocenters. The Morgan fingerprint density at radius 1 is 1.15 bits per heavy atom. The number of ether oxygens (including phenoxy) is 1. The Morgan fingerprint density at radius 2 is 1.85 bits per heavy atom. The number of benzene rings is 1. The van der Waals surface area contributed by atoms with Crippen molar-refractivity contribution < 1.29 is 4.74 Å². The third-order valence-electron chi connectivity index (χ3n) is 4.51. The summed E-state index contributed by atoms with van der Waals surface area (Å²) < 4.78 is 5.44. The maximum atomic E-state index is 5.90. The van der Waals surface area contributed by atoms with E-state index in [0.717, 1.165) is 39.4 Å². The molecule has 0 aromatic heterocycles. The Bertz CT molecular complexity index is 426. The highest BCUT2D eigenvalue weighted by atomic mass is 16.5. The second kappa shape index (κ2) is 6.12. The van der Waals surface area contributed by atoms with Crippen LogP contribution >= 0.6 is 0 Å². The molecule has 0 aliphatic carbocycles. The first-order valence-electron chi connectivity index (χ1n) is 7.66. The molecule has 110 valence electrons. The Hall–Kier alpha value is -1.10. The summed E-state index contributed by atoms with van der Waals surface area (Å²) in [6.07, 6.45) is 1.26. The molecule has 0 saturated carbocycles. The largest absolute Gasteiger partial charge is 0.379 e. The number of morpholine rings is 1. The first kappa shape index (κ1) is 13.9. The van der Waals surface area contributed by atoms with Gasteiger partial charge in [-0.05, 0) is 31.0 Å². The highest BCUT2D eigenvalue weighted by molar-refractivity contribution is 5.49. The molecule has 2 saturated heterocycles. The smallest absolute Gasteiger partial charge is 0.0594 e. The van der Waals surface area contributed by atoms with Gasteiger partial charge >= 0.3 is 0 Å². The summed E-state index contributed by atoms with van der Waals surface area (Å²) in [6.45, 7) is 8.26. The Balaban J connectivity index is 1.61. The molecule has 20 heavy (non-hydrogen) atoms. The average Bonchev–Trinajstić information content (AvgIpc) is 2.98. The molecule has 4 nitrogen and oxygen atoms in total. The summed E-state index contributed by atoms with van der Waals surface area (Å²) in [5.74, 6) is 0. The van der Waals surface area contributed by atoms with Crippen molar-refractivity contribution in [2.24, 2.45) is 5.73 Å². The van der Waals surface area contributed by atoms with Crippen LogP contribution in [-0.2, 0) is 4.74 Å². The standard InChI is InChI=1S/C16H25N3O/c1-13(17)14-2-4-15(5-3-14)19-7-6-16(12-19)18-8-10-20-11-9-18/h2-5,13,16H,6-12,17H2,1H3. The topological polar surface area (TPSA) is 41.7 Å². The van der Waals surface area contributed by atoms with Crippen LogP contribution < -0.4 is 10.6 Å². The van der Waals surface area contributed by atoms with E-state index < -0.39 is 0 Å². The van der Waals surface area contributed by atoms with E-state index in [1.807, 2.05) is 6.92 Å². The van der Waals surface area contributed by atoms with Gasteiger partial charge in [0, 0.05) is 44.0 Å². The lowest BCUT2D eigenvalue weighted by Crippen LogP contribution is -2.44. The van der Waals surface area contributed by atoms with E-state index >= 15 is 0 Å². The lowest BCUT2D eigenvalue weighted by molar-refractivity contribution is 0.0209. The van der Waals surface area contributed by atoms with Gasteiger partial charge in [0.15, 0.2) is 0 Å². The van der Waals surface area contributed by atoms with Crippen LogP contribution in [0, 0.1) is 0 Å². The van der Waals surface area contributed by atoms with Gasteiger partial charge in [0.05, 0.1) is 13.2 Å². The molecule has 2 heterocycles. The molecule has 2 aliphatic rings. The lowest BCUT2D eigenvalue weighted by Gasteiger charge is -2.32. The van der Waals surface area contributed by atoms with Crippen LogP contribution in [0.15, 0.2) is 24.3 Å². The van der Waals surface area contributed by atoms with Gasteiger partial charge in [-0.25, -0.2) is 0 Å². The molecule has 2 N–H and O–H groups in total. The van der Waals surface area contributed by atoms with Gasteiger partial charge in [-0.3, -0.25) is 4.90 Å². The first-order valence-corrected chi connectivity index (χ1v) is 7.66. The van der Waals surface area contributed by atoms with E-state index in [2.05, 4.69) is 34.1 Å². The maximum Gasteiger partial charge on any atom is 0.0594 e. The summed E-state index contributed by atoms with van der Waals surface area (Å²) in [5.41, 5.74) is 8.44. The first-order chi connectivity index (χ1) is 9.74. The number of nitrogens with zero attached hydrogens (tertiary/aromatic N) is 2. The number of anilines is 1. The minimum absolute atomic E-state index is 0.115. The predicted octanol–water partition coefficient (Wildman–Crippen LogP) is 1.62. The number of hydrogen-bond donors (Lipinski definition) is 1. The van der Waals surface area contributed by atoms with Crippen molar-refractivity contribution in [1.82, 2.24) is 4.90 Å². The van der Waals surface area contributed by atoms with Crippen molar-refractivity contribution in [1.29, 1.82) is 0 Å². The molecule has 0 amide bonds. The number of nitrogens with two attached hydrogens (primary N) is 1. The van der Waals surface area contributed by atoms with Crippen molar-refractivity contribution in [2.45, 2.75) is 25.4 Å². The molecule has 0 bridgehead atoms. The second-order valence-electron chi connectivity index (χ2n) is 5.92. The highest BCUT2D eigenvalue weighted by Crippen LogP contribution is 2.24. The maximum absolute atomic E-state index is 5.90. The van der Waals surface area contributed by atoms with Crippen LogP contribution in [0.5, 0.6) is 0 Å². The van der Waals surface area contributed by atoms with Crippen LogP contribution in [-0.4, -0.2) is 50.3 Å². The third kappa shape index (κ3) is 2.97. The van der Waals surface area contributed by atoms with Gasteiger partial charge < -0.3 is 15.4 Å². The van der Waals surface area contributed by atoms with E-state index in [9.17, 15) is 0 Å². The molecule has 2 fully saturated rings. The van der Waals surface area contributed by atoms with Gasteiger partial charge in [-0.1, -0.05) is 12.1 Å². The van der Waals surface area contributed by atoms with Gasteiger partial charge in [0.1, 0.15) is 0 Å². The number of hydrogen-bond acceptors (Lipinski definition) is 4. The van der Waals surface area contributed by atoms with E-state index in [0.29, 0.717) is 6.04 Å². The zero-order chi connectivity index (χ0) is 13.9. The molecule has 0 radical (unpaired) electrons. The zero-order valence-electron chi connectivity index (χ0n) is 12.3. The molecule has 2 aliphatic heterocycles. The van der Waals surface area contributed by atoms with E-state index in [-0.39, 0.29) is 6.04 Å². The monoisotopic (exact) mass is 275 g/mol. The molecular formula is C16H25N3O. The van der Waals surface area contributed by atoms with Crippen molar-refractivity contribution in [3.8, 4) is 0 Å². The quantitative estimate of drug-likeness (QED) is 0.910. The summed E-state index contributed by atoms with van der Waals surface area (Å²) in [5, 5.41) is 0. The van der Waals surface area contributed by atoms with Crippen molar-refractivity contribution >= 4 is 5.69 Å². The highest BCUT2D eigenvalue weighted by Gasteiger charge is 2.28. The zero-order valence-corrected chi connectivity index (χ0v) is 12.3. The fourth-order valence-electron chi connectivity index (χ4n) is 3.21. The van der Waals surface area contributed by atoms with Crippen LogP contribution in [0.3, 0.4) is 0 Å². The molecule has 0 spiro atoms. The summed E-state index contributed by atoms with van der Waals surface area (Å²) >= 11 is 0. The molecule has 1 aromatic rings. The summed E-state index contributed by atoms with van der Waals surface area (Å²) in [6, 6.07) is 9.53. The Labute approximate surface area is 121 Å². The minimum atomic E-state index is 0.115. The van der Waals surface area contributed by atoms with E-state index in [4.69, 9.17) is 10.5 Å². The van der Waals surface area contributed by atoms with Gasteiger partial charge in [0.25, 0.3) is 0 Å². The van der Waals surface area contributed by atoms with Crippen molar-refractivity contribution in [2.75, 3.05) is 44.3 Å². The van der Waals surface area contributed by atoms with Crippen LogP contribution in [0.1, 0.15) is 24.9 Å². The fraction of sp³-hybridized carbons (Fsp3) is 0.625. The fourth-order valence-corrected chi connectivity index (χ4v) is 3.21. The lowest BCUT2D eigenvalue weighted by atomic mass is 10.1. The van der Waals surface area contributed by atoms with Crippen molar-refractivity contribution in [3.63, 3.8) is 0 Å². The molecule has 4 heteroatoms. The minimum Gasteiger partial charge on any atom is -0.379 e. The average molecular weight is 275 g/mol. The van der Waals surface area contributed by atoms with Gasteiger partial charge in [-0.15, -0.1) is 0 Å².